The van der Waals surface area contributed by atoms with Gasteiger partial charge in [-0.1, -0.05) is 13.0 Å². The average Bonchev–Trinajstić information content (AvgIpc) is 2.09. The standard InChI is InChI=1S/C8H11NO3S/c1-2-13(11,12)7-5-3-4-6(10)8(7)9/h3-5,10H,2,9H2,1H3. The number of nitrogens with two attached hydrogens (primary N) is 1. The van der Waals surface area contributed by atoms with E-state index in [1.807, 2.05) is 0 Å². The van der Waals surface area contributed by atoms with E-state index in [4.69, 9.17) is 10.8 Å². The Morgan fingerprint density at radius 1 is 1.46 bits per heavy atom. The number of sulfone groups is 1. The number of phenolic OH excluding ortho intramolecular Hbond substituents is 1. The SMILES string of the molecule is CCS(=O)(=O)c1cccc(O)c1N. The molecule has 0 saturated heterocycles. The lowest BCUT2D eigenvalue weighted by Crippen LogP contribution is -2.06. The molecular formula is C8H11NO3S. The molecule has 0 saturated carbocycles. The first-order valence-corrected chi connectivity index (χ1v) is 5.44. The summed E-state index contributed by atoms with van der Waals surface area (Å²) in [4.78, 5) is -0.00463. The Morgan fingerprint density at radius 2 is 2.08 bits per heavy atom. The monoisotopic (exact) mass is 201 g/mol. The Labute approximate surface area is 76.9 Å². The van der Waals surface area contributed by atoms with Crippen LogP contribution in [0.1, 0.15) is 6.92 Å². The molecule has 1 rings (SSSR count). The molecule has 0 bridgehead atoms. The second-order valence-corrected chi connectivity index (χ2v) is 4.84. The van der Waals surface area contributed by atoms with Crippen molar-refractivity contribution >= 4 is 15.5 Å². The number of nitrogen functional groups attached to an aromatic ring is 1. The normalized spacial score (nSPS) is 11.5. The maximum atomic E-state index is 11.4. The van der Waals surface area contributed by atoms with Gasteiger partial charge in [-0.15, -0.1) is 0 Å². The van der Waals surface area contributed by atoms with Gasteiger partial charge in [0.05, 0.1) is 16.3 Å². The van der Waals surface area contributed by atoms with Crippen LogP contribution in [-0.4, -0.2) is 19.3 Å². The van der Waals surface area contributed by atoms with Crippen molar-refractivity contribution in [2.24, 2.45) is 0 Å². The highest BCUT2D eigenvalue weighted by Crippen LogP contribution is 2.27. The molecule has 1 aromatic rings. The second kappa shape index (κ2) is 3.26. The van der Waals surface area contributed by atoms with Crippen molar-refractivity contribution in [3.63, 3.8) is 0 Å². The van der Waals surface area contributed by atoms with E-state index in [1.165, 1.54) is 25.1 Å². The first-order chi connectivity index (χ1) is 5.99. The summed E-state index contributed by atoms with van der Waals surface area (Å²) >= 11 is 0. The number of para-hydroxylation sites is 1. The maximum absolute atomic E-state index is 11.4. The first kappa shape index (κ1) is 9.85. The maximum Gasteiger partial charge on any atom is 0.180 e. The van der Waals surface area contributed by atoms with E-state index in [2.05, 4.69) is 0 Å². The van der Waals surface area contributed by atoms with Crippen LogP contribution in [0.15, 0.2) is 23.1 Å². The minimum absolute atomic E-state index is 0.00463. The summed E-state index contributed by atoms with van der Waals surface area (Å²) in [7, 11) is -3.34. The highest BCUT2D eigenvalue weighted by Gasteiger charge is 2.16. The summed E-state index contributed by atoms with van der Waals surface area (Å²) in [6.45, 7) is 1.53. The first-order valence-electron chi connectivity index (χ1n) is 3.79. The third kappa shape index (κ3) is 1.75. The summed E-state index contributed by atoms with van der Waals surface area (Å²) in [5, 5.41) is 9.17. The predicted octanol–water partition coefficient (Wildman–Crippen LogP) is 0.768. The number of hydrogen-bond acceptors (Lipinski definition) is 4. The average molecular weight is 201 g/mol. The van der Waals surface area contributed by atoms with Crippen molar-refractivity contribution < 1.29 is 13.5 Å². The minimum atomic E-state index is -3.34. The zero-order valence-electron chi connectivity index (χ0n) is 7.19. The van der Waals surface area contributed by atoms with Crippen molar-refractivity contribution in [3.8, 4) is 5.75 Å². The van der Waals surface area contributed by atoms with E-state index in [0.717, 1.165) is 0 Å². The van der Waals surface area contributed by atoms with Gasteiger partial charge in [0, 0.05) is 0 Å². The molecule has 0 aliphatic carbocycles. The topological polar surface area (TPSA) is 80.4 Å². The molecule has 0 aromatic heterocycles. The fraction of sp³-hybridized carbons (Fsp3) is 0.250. The molecule has 0 spiro atoms. The molecule has 0 aliphatic rings. The lowest BCUT2D eigenvalue weighted by Gasteiger charge is -2.05. The number of benzene rings is 1. The number of rotatable bonds is 2. The predicted molar refractivity (Wildman–Crippen MR) is 50.2 cm³/mol. The zero-order valence-corrected chi connectivity index (χ0v) is 8.00. The van der Waals surface area contributed by atoms with Crippen molar-refractivity contribution in [1.82, 2.24) is 0 Å². The number of aromatic hydroxyl groups is 1. The van der Waals surface area contributed by atoms with Crippen LogP contribution in [0.5, 0.6) is 5.75 Å². The number of anilines is 1. The van der Waals surface area contributed by atoms with Gasteiger partial charge >= 0.3 is 0 Å². The largest absolute Gasteiger partial charge is 0.506 e. The van der Waals surface area contributed by atoms with Crippen LogP contribution in [0.25, 0.3) is 0 Å². The van der Waals surface area contributed by atoms with Gasteiger partial charge in [0.25, 0.3) is 0 Å². The van der Waals surface area contributed by atoms with E-state index in [9.17, 15) is 8.42 Å². The van der Waals surface area contributed by atoms with Gasteiger partial charge < -0.3 is 10.8 Å². The third-order valence-corrected chi connectivity index (χ3v) is 3.54. The minimum Gasteiger partial charge on any atom is -0.506 e. The van der Waals surface area contributed by atoms with Gasteiger partial charge in [-0.3, -0.25) is 0 Å². The molecule has 0 unspecified atom stereocenters. The van der Waals surface area contributed by atoms with Crippen LogP contribution < -0.4 is 5.73 Å². The van der Waals surface area contributed by atoms with E-state index in [1.54, 1.807) is 0 Å². The molecule has 4 nitrogen and oxygen atoms in total. The van der Waals surface area contributed by atoms with Crippen LogP contribution >= 0.6 is 0 Å². The van der Waals surface area contributed by atoms with Crippen LogP contribution in [0.2, 0.25) is 0 Å². The lowest BCUT2D eigenvalue weighted by molar-refractivity contribution is 0.476. The summed E-state index contributed by atoms with van der Waals surface area (Å²) in [6.07, 6.45) is 0. The van der Waals surface area contributed by atoms with Gasteiger partial charge in [-0.25, -0.2) is 8.42 Å². The highest BCUT2D eigenvalue weighted by molar-refractivity contribution is 7.91. The molecule has 0 radical (unpaired) electrons. The van der Waals surface area contributed by atoms with Gasteiger partial charge in [-0.2, -0.15) is 0 Å². The molecule has 0 atom stereocenters. The van der Waals surface area contributed by atoms with Gasteiger partial charge in [0.15, 0.2) is 9.84 Å². The van der Waals surface area contributed by atoms with Crippen LogP contribution in [0, 0.1) is 0 Å². The smallest absolute Gasteiger partial charge is 0.180 e. The summed E-state index contributed by atoms with van der Waals surface area (Å²) < 4.78 is 22.8. The molecule has 3 N–H and O–H groups in total. The van der Waals surface area contributed by atoms with Crippen LogP contribution in [0.3, 0.4) is 0 Å². The Hall–Kier alpha value is -1.23. The molecule has 72 valence electrons. The van der Waals surface area contributed by atoms with E-state index in [-0.39, 0.29) is 22.1 Å². The molecule has 5 heteroatoms. The van der Waals surface area contributed by atoms with Gasteiger partial charge in [0.2, 0.25) is 0 Å². The Balaban J connectivity index is 3.40. The Kier molecular flexibility index (Phi) is 2.47. The number of hydrogen-bond donors (Lipinski definition) is 2. The number of phenols is 1. The Bertz CT molecular complexity index is 411. The summed E-state index contributed by atoms with van der Waals surface area (Å²) in [6, 6.07) is 4.19. The molecule has 0 aliphatic heterocycles. The van der Waals surface area contributed by atoms with Crippen molar-refractivity contribution in [2.75, 3.05) is 11.5 Å². The van der Waals surface area contributed by atoms with Crippen molar-refractivity contribution in [3.05, 3.63) is 18.2 Å². The van der Waals surface area contributed by atoms with Gasteiger partial charge in [-0.05, 0) is 12.1 Å². The van der Waals surface area contributed by atoms with E-state index in [0.29, 0.717) is 0 Å². The van der Waals surface area contributed by atoms with Crippen molar-refractivity contribution in [1.29, 1.82) is 0 Å². The zero-order chi connectivity index (χ0) is 10.1. The van der Waals surface area contributed by atoms with Gasteiger partial charge in [0.1, 0.15) is 5.75 Å². The van der Waals surface area contributed by atoms with Crippen molar-refractivity contribution in [2.45, 2.75) is 11.8 Å². The summed E-state index contributed by atoms with van der Waals surface area (Å²) in [5.41, 5.74) is 5.34. The fourth-order valence-electron chi connectivity index (χ4n) is 0.959. The quantitative estimate of drug-likeness (QED) is 0.547. The van der Waals surface area contributed by atoms with Crippen LogP contribution in [-0.2, 0) is 9.84 Å². The molecule has 0 amide bonds. The molecule has 0 heterocycles. The molecular weight excluding hydrogens is 190 g/mol. The third-order valence-electron chi connectivity index (χ3n) is 1.76. The molecule has 13 heavy (non-hydrogen) atoms. The molecule has 0 fully saturated rings. The van der Waals surface area contributed by atoms with Crippen LogP contribution in [0.4, 0.5) is 5.69 Å². The van der Waals surface area contributed by atoms with E-state index >= 15 is 0 Å². The second-order valence-electron chi connectivity index (χ2n) is 2.59. The highest BCUT2D eigenvalue weighted by atomic mass is 32.2. The molecule has 1 aromatic carbocycles. The fourth-order valence-corrected chi connectivity index (χ4v) is 2.00. The Morgan fingerprint density at radius 3 is 2.62 bits per heavy atom. The van der Waals surface area contributed by atoms with E-state index < -0.39 is 9.84 Å². The summed E-state index contributed by atoms with van der Waals surface area (Å²) in [5.74, 6) is -0.227. The lowest BCUT2D eigenvalue weighted by atomic mass is 10.3.